The van der Waals surface area contributed by atoms with E-state index in [2.05, 4.69) is 17.2 Å². The predicted molar refractivity (Wildman–Crippen MR) is 63.1 cm³/mol. The monoisotopic (exact) mass is 258 g/mol. The Kier molecular flexibility index (Phi) is 4.49. The van der Waals surface area contributed by atoms with E-state index in [0.29, 0.717) is 5.69 Å². The molecule has 0 aliphatic rings. The molecule has 98 valence electrons. The van der Waals surface area contributed by atoms with Gasteiger partial charge in [-0.15, -0.1) is 0 Å². The van der Waals surface area contributed by atoms with Gasteiger partial charge in [0.2, 0.25) is 5.91 Å². The summed E-state index contributed by atoms with van der Waals surface area (Å²) in [5.41, 5.74) is 0.502. The van der Waals surface area contributed by atoms with Crippen LogP contribution in [0.2, 0.25) is 0 Å². The van der Waals surface area contributed by atoms with Crippen molar-refractivity contribution in [1.82, 2.24) is 5.32 Å². The molecule has 0 fully saturated rings. The molecule has 2 N–H and O–H groups in total. The van der Waals surface area contributed by atoms with Crippen molar-refractivity contribution in [1.29, 1.82) is 0 Å². The molecule has 1 aromatic rings. The zero-order chi connectivity index (χ0) is 13.8. The van der Waals surface area contributed by atoms with E-state index in [1.807, 2.05) is 0 Å². The van der Waals surface area contributed by atoms with Crippen molar-refractivity contribution in [3.63, 3.8) is 0 Å². The summed E-state index contributed by atoms with van der Waals surface area (Å²) in [4.78, 5) is 11.0. The van der Waals surface area contributed by atoms with Gasteiger partial charge in [-0.1, -0.05) is 18.7 Å². The molecule has 0 unspecified atom stereocenters. The van der Waals surface area contributed by atoms with E-state index in [1.165, 1.54) is 31.3 Å². The smallest absolute Gasteiger partial charge is 0.323 e. The van der Waals surface area contributed by atoms with Gasteiger partial charge in [0.1, 0.15) is 6.04 Å². The molecular weight excluding hydrogens is 245 g/mol. The Balaban J connectivity index is 2.88. The molecule has 1 atom stereocenters. The summed E-state index contributed by atoms with van der Waals surface area (Å²) in [5, 5.41) is 4.66. The first-order chi connectivity index (χ1) is 8.38. The molecule has 18 heavy (non-hydrogen) atoms. The maximum absolute atomic E-state index is 12.6. The van der Waals surface area contributed by atoms with Gasteiger partial charge >= 0.3 is 6.18 Å². The van der Waals surface area contributed by atoms with Gasteiger partial charge < -0.3 is 10.6 Å². The number of alkyl halides is 3. The Morgan fingerprint density at radius 1 is 1.33 bits per heavy atom. The predicted octanol–water partition coefficient (Wildman–Crippen LogP) is 2.63. The fourth-order valence-corrected chi connectivity index (χ4v) is 1.47. The summed E-state index contributed by atoms with van der Waals surface area (Å²) in [6.07, 6.45) is -3.28. The second kappa shape index (κ2) is 5.68. The third-order valence-corrected chi connectivity index (χ3v) is 2.31. The zero-order valence-corrected chi connectivity index (χ0v) is 9.71. The molecule has 0 bridgehead atoms. The number of anilines is 1. The number of hydrogen-bond acceptors (Lipinski definition) is 2. The number of benzene rings is 1. The molecule has 6 heteroatoms. The quantitative estimate of drug-likeness (QED) is 0.815. The van der Waals surface area contributed by atoms with Gasteiger partial charge in [0.15, 0.2) is 0 Å². The van der Waals surface area contributed by atoms with Crippen molar-refractivity contribution in [2.45, 2.75) is 12.2 Å². The number of rotatable bonds is 4. The van der Waals surface area contributed by atoms with Gasteiger partial charge in [0.05, 0.1) is 0 Å². The van der Waals surface area contributed by atoms with Crippen molar-refractivity contribution in [2.24, 2.45) is 0 Å². The first-order valence-corrected chi connectivity index (χ1v) is 5.16. The van der Waals surface area contributed by atoms with E-state index in [-0.39, 0.29) is 5.56 Å². The van der Waals surface area contributed by atoms with Crippen molar-refractivity contribution in [3.8, 4) is 0 Å². The van der Waals surface area contributed by atoms with Gasteiger partial charge in [-0.3, -0.25) is 4.79 Å². The highest BCUT2D eigenvalue weighted by molar-refractivity contribution is 5.98. The molecule has 0 aliphatic heterocycles. The number of hydrogen-bond donors (Lipinski definition) is 2. The molecular formula is C12H13F3N2O. The first-order valence-electron chi connectivity index (χ1n) is 5.16. The minimum Gasteiger partial charge on any atom is -0.323 e. The van der Waals surface area contributed by atoms with E-state index in [4.69, 9.17) is 0 Å². The molecule has 0 aromatic heterocycles. The van der Waals surface area contributed by atoms with Crippen molar-refractivity contribution < 1.29 is 18.0 Å². The lowest BCUT2D eigenvalue weighted by molar-refractivity contribution is -0.156. The van der Waals surface area contributed by atoms with Gasteiger partial charge in [0.25, 0.3) is 0 Å². The molecule has 1 amide bonds. The Hall–Kier alpha value is -1.82. The third-order valence-electron chi connectivity index (χ3n) is 2.31. The van der Waals surface area contributed by atoms with Crippen LogP contribution in [-0.4, -0.2) is 19.1 Å². The highest BCUT2D eigenvalue weighted by atomic mass is 19.4. The molecule has 0 saturated heterocycles. The van der Waals surface area contributed by atoms with E-state index >= 15 is 0 Å². The van der Waals surface area contributed by atoms with Crippen LogP contribution in [0.4, 0.5) is 18.9 Å². The van der Waals surface area contributed by atoms with E-state index in [1.54, 1.807) is 0 Å². The minimum absolute atomic E-state index is 0.0848. The van der Waals surface area contributed by atoms with Crippen LogP contribution in [-0.2, 0) is 4.79 Å². The molecule has 0 radical (unpaired) electrons. The second-order valence-corrected chi connectivity index (χ2v) is 3.58. The fraction of sp³-hybridized carbons (Fsp3) is 0.250. The van der Waals surface area contributed by atoms with Crippen LogP contribution in [0.1, 0.15) is 11.6 Å². The van der Waals surface area contributed by atoms with E-state index < -0.39 is 18.1 Å². The summed E-state index contributed by atoms with van der Waals surface area (Å²) < 4.78 is 37.9. The normalized spacial score (nSPS) is 12.9. The van der Waals surface area contributed by atoms with Crippen LogP contribution >= 0.6 is 0 Å². The van der Waals surface area contributed by atoms with Gasteiger partial charge in [-0.25, -0.2) is 0 Å². The van der Waals surface area contributed by atoms with Crippen LogP contribution in [0.3, 0.4) is 0 Å². The van der Waals surface area contributed by atoms with Crippen LogP contribution in [0.25, 0.3) is 0 Å². The number of nitrogens with one attached hydrogen (secondary N) is 2. The number of carbonyl (C=O) groups excluding carboxylic acids is 1. The molecule has 0 saturated carbocycles. The van der Waals surface area contributed by atoms with Gasteiger partial charge in [-0.05, 0) is 30.8 Å². The standard InChI is InChI=1S/C12H13F3N2O/c1-3-10(18)17-9-6-4-8(5-7-9)11(16-2)12(13,14)15/h3-7,11,16H,1H2,2H3,(H,17,18)/t11-/m1/s1. The minimum atomic E-state index is -4.36. The Bertz CT molecular complexity index is 426. The van der Waals surface area contributed by atoms with Crippen LogP contribution in [0.5, 0.6) is 0 Å². The largest absolute Gasteiger partial charge is 0.407 e. The van der Waals surface area contributed by atoms with Crippen LogP contribution in [0, 0.1) is 0 Å². The second-order valence-electron chi connectivity index (χ2n) is 3.58. The highest BCUT2D eigenvalue weighted by Crippen LogP contribution is 2.32. The van der Waals surface area contributed by atoms with Crippen LogP contribution in [0.15, 0.2) is 36.9 Å². The average Bonchev–Trinajstić information content (AvgIpc) is 2.30. The summed E-state index contributed by atoms with van der Waals surface area (Å²) >= 11 is 0. The van der Waals surface area contributed by atoms with Crippen molar-refractivity contribution >= 4 is 11.6 Å². The van der Waals surface area contributed by atoms with Crippen LogP contribution < -0.4 is 10.6 Å². The molecule has 1 rings (SSSR count). The lowest BCUT2D eigenvalue weighted by Crippen LogP contribution is -2.31. The molecule has 0 aliphatic carbocycles. The molecule has 0 spiro atoms. The summed E-state index contributed by atoms with van der Waals surface area (Å²) in [7, 11) is 1.24. The molecule has 0 heterocycles. The van der Waals surface area contributed by atoms with Crippen molar-refractivity contribution in [2.75, 3.05) is 12.4 Å². The lowest BCUT2D eigenvalue weighted by Gasteiger charge is -2.20. The van der Waals surface area contributed by atoms with Crippen molar-refractivity contribution in [3.05, 3.63) is 42.5 Å². The zero-order valence-electron chi connectivity index (χ0n) is 9.71. The third kappa shape index (κ3) is 3.59. The maximum atomic E-state index is 12.6. The highest BCUT2D eigenvalue weighted by Gasteiger charge is 2.39. The first kappa shape index (κ1) is 14.2. The summed E-state index contributed by atoms with van der Waals surface area (Å²) in [6.45, 7) is 3.28. The van der Waals surface area contributed by atoms with E-state index in [9.17, 15) is 18.0 Å². The number of amides is 1. The topological polar surface area (TPSA) is 41.1 Å². The van der Waals surface area contributed by atoms with Gasteiger partial charge in [-0.2, -0.15) is 13.2 Å². The number of carbonyl (C=O) groups is 1. The summed E-state index contributed by atoms with van der Waals surface area (Å²) in [6, 6.07) is 3.72. The Morgan fingerprint density at radius 2 is 1.89 bits per heavy atom. The Labute approximate surface area is 103 Å². The SMILES string of the molecule is C=CC(=O)Nc1ccc([C@@H](NC)C(F)(F)F)cc1. The average molecular weight is 258 g/mol. The Morgan fingerprint density at radius 3 is 2.28 bits per heavy atom. The lowest BCUT2D eigenvalue weighted by atomic mass is 10.1. The fourth-order valence-electron chi connectivity index (χ4n) is 1.47. The van der Waals surface area contributed by atoms with Gasteiger partial charge in [0, 0.05) is 5.69 Å². The molecule has 1 aromatic carbocycles. The number of halogens is 3. The summed E-state index contributed by atoms with van der Waals surface area (Å²) in [5.74, 6) is -0.413. The van der Waals surface area contributed by atoms with E-state index in [0.717, 1.165) is 6.08 Å². The maximum Gasteiger partial charge on any atom is 0.407 e. The molecule has 3 nitrogen and oxygen atoms in total.